The number of benzene rings is 2. The Kier molecular flexibility index (Phi) is 9.51. The summed E-state index contributed by atoms with van der Waals surface area (Å²) < 4.78 is 21.9. The molecule has 0 saturated heterocycles. The number of esters is 1. The summed E-state index contributed by atoms with van der Waals surface area (Å²) in [4.78, 5) is 14.9. The zero-order chi connectivity index (χ0) is 21.9. The van der Waals surface area contributed by atoms with Crippen LogP contribution in [0, 0.1) is 0 Å². The van der Waals surface area contributed by atoms with E-state index in [-0.39, 0.29) is 12.4 Å². The molecule has 0 N–H and O–H groups in total. The largest absolute Gasteiger partial charge is 0.493 e. The van der Waals surface area contributed by atoms with Crippen LogP contribution in [0.15, 0.2) is 48.2 Å². The highest BCUT2D eigenvalue weighted by Crippen LogP contribution is 2.29. The van der Waals surface area contributed by atoms with Gasteiger partial charge in [0.25, 0.3) is 0 Å². The molecule has 162 valence electrons. The van der Waals surface area contributed by atoms with Crippen LogP contribution >= 0.6 is 11.6 Å². The van der Waals surface area contributed by atoms with Gasteiger partial charge in [-0.25, -0.2) is 4.79 Å². The highest BCUT2D eigenvalue weighted by Gasteiger charge is 2.16. The van der Waals surface area contributed by atoms with E-state index in [2.05, 4.69) is 18.7 Å². The molecule has 0 heterocycles. The lowest BCUT2D eigenvalue weighted by molar-refractivity contribution is -0.141. The van der Waals surface area contributed by atoms with Crippen LogP contribution in [-0.4, -0.2) is 51.3 Å². The minimum absolute atomic E-state index is 0.0593. The van der Waals surface area contributed by atoms with E-state index in [0.717, 1.165) is 13.1 Å². The van der Waals surface area contributed by atoms with Gasteiger partial charge >= 0.3 is 5.97 Å². The summed E-state index contributed by atoms with van der Waals surface area (Å²) >= 11 is 5.94. The van der Waals surface area contributed by atoms with Crippen molar-refractivity contribution in [2.45, 2.75) is 13.8 Å². The molecule has 2 aromatic rings. The summed E-state index contributed by atoms with van der Waals surface area (Å²) in [5.41, 5.74) is 0.706. The molecule has 0 bridgehead atoms. The standard InChI is InChI=1S/C23H28ClNO5/c1-5-25(6-2)13-14-29-23(26)22(30-19-10-8-18(24)9-11-19)16-17-7-12-20(27-3)21(15-17)28-4/h7-12,15-16H,5-6,13-14H2,1-4H3/b22-16-. The summed E-state index contributed by atoms with van der Waals surface area (Å²) in [6.45, 7) is 6.85. The van der Waals surface area contributed by atoms with Crippen molar-refractivity contribution in [2.24, 2.45) is 0 Å². The maximum Gasteiger partial charge on any atom is 0.374 e. The Balaban J connectivity index is 2.24. The first kappa shape index (κ1) is 23.6. The average molecular weight is 434 g/mol. The van der Waals surface area contributed by atoms with Crippen LogP contribution in [0.1, 0.15) is 19.4 Å². The number of ether oxygens (including phenoxy) is 4. The van der Waals surface area contributed by atoms with Crippen molar-refractivity contribution < 1.29 is 23.7 Å². The molecular weight excluding hydrogens is 406 g/mol. The van der Waals surface area contributed by atoms with Gasteiger partial charge in [0.15, 0.2) is 11.5 Å². The summed E-state index contributed by atoms with van der Waals surface area (Å²) in [6, 6.07) is 12.1. The molecule has 6 nitrogen and oxygen atoms in total. The van der Waals surface area contributed by atoms with E-state index in [9.17, 15) is 4.79 Å². The first-order chi connectivity index (χ1) is 14.5. The Morgan fingerprint density at radius 1 is 1.00 bits per heavy atom. The van der Waals surface area contributed by atoms with Gasteiger partial charge in [-0.3, -0.25) is 0 Å². The molecule has 0 amide bonds. The van der Waals surface area contributed by atoms with Gasteiger partial charge in [0, 0.05) is 11.6 Å². The fraction of sp³-hybridized carbons (Fsp3) is 0.348. The molecule has 0 unspecified atom stereocenters. The summed E-state index contributed by atoms with van der Waals surface area (Å²) in [5, 5.41) is 0.578. The van der Waals surface area contributed by atoms with Crippen molar-refractivity contribution >= 4 is 23.6 Å². The van der Waals surface area contributed by atoms with E-state index < -0.39 is 5.97 Å². The molecule has 0 atom stereocenters. The SMILES string of the molecule is CCN(CC)CCOC(=O)/C(=C/c1ccc(OC)c(OC)c1)Oc1ccc(Cl)cc1. The summed E-state index contributed by atoms with van der Waals surface area (Å²) in [6.07, 6.45) is 1.61. The molecule has 2 aromatic carbocycles. The van der Waals surface area contributed by atoms with Crippen LogP contribution < -0.4 is 14.2 Å². The zero-order valence-electron chi connectivity index (χ0n) is 17.8. The number of methoxy groups -OCH3 is 2. The number of halogens is 1. The molecule has 0 spiro atoms. The number of rotatable bonds is 11. The van der Waals surface area contributed by atoms with Gasteiger partial charge in [-0.1, -0.05) is 31.5 Å². The normalized spacial score (nSPS) is 11.3. The molecular formula is C23H28ClNO5. The van der Waals surface area contributed by atoms with Crippen molar-refractivity contribution in [3.8, 4) is 17.2 Å². The zero-order valence-corrected chi connectivity index (χ0v) is 18.6. The lowest BCUT2D eigenvalue weighted by Gasteiger charge is -2.18. The number of hydrogen-bond acceptors (Lipinski definition) is 6. The Hall–Kier alpha value is -2.70. The predicted octanol–water partition coefficient (Wildman–Crippen LogP) is 4.66. The molecule has 2 rings (SSSR count). The van der Waals surface area contributed by atoms with Gasteiger partial charge in [-0.2, -0.15) is 0 Å². The van der Waals surface area contributed by atoms with Gasteiger partial charge in [0.1, 0.15) is 12.4 Å². The second kappa shape index (κ2) is 12.1. The Morgan fingerprint density at radius 2 is 1.67 bits per heavy atom. The van der Waals surface area contributed by atoms with E-state index in [1.165, 1.54) is 0 Å². The van der Waals surface area contributed by atoms with Crippen molar-refractivity contribution in [3.63, 3.8) is 0 Å². The van der Waals surface area contributed by atoms with Crippen molar-refractivity contribution in [1.29, 1.82) is 0 Å². The fourth-order valence-electron chi connectivity index (χ4n) is 2.73. The highest BCUT2D eigenvalue weighted by molar-refractivity contribution is 6.30. The lowest BCUT2D eigenvalue weighted by atomic mass is 10.1. The molecule has 0 fully saturated rings. The first-order valence-corrected chi connectivity index (χ1v) is 10.1. The van der Waals surface area contributed by atoms with E-state index in [4.69, 9.17) is 30.5 Å². The molecule has 0 aromatic heterocycles. The number of nitrogens with zero attached hydrogens (tertiary/aromatic N) is 1. The Labute approximate surface area is 182 Å². The summed E-state index contributed by atoms with van der Waals surface area (Å²) in [7, 11) is 3.12. The highest BCUT2D eigenvalue weighted by atomic mass is 35.5. The predicted molar refractivity (Wildman–Crippen MR) is 118 cm³/mol. The summed E-state index contributed by atoms with van der Waals surface area (Å²) in [5.74, 6) is 1.13. The van der Waals surface area contributed by atoms with Crippen molar-refractivity contribution in [1.82, 2.24) is 4.90 Å². The fourth-order valence-corrected chi connectivity index (χ4v) is 2.86. The van der Waals surface area contributed by atoms with Crippen LogP contribution in [-0.2, 0) is 9.53 Å². The molecule has 0 radical (unpaired) electrons. The van der Waals surface area contributed by atoms with Crippen LogP contribution in [0.3, 0.4) is 0 Å². The quantitative estimate of drug-likeness (QED) is 0.292. The minimum atomic E-state index is -0.549. The molecule has 0 saturated carbocycles. The topological polar surface area (TPSA) is 57.2 Å². The second-order valence-electron chi connectivity index (χ2n) is 6.34. The minimum Gasteiger partial charge on any atom is -0.493 e. The van der Waals surface area contributed by atoms with Gasteiger partial charge in [0.2, 0.25) is 5.76 Å². The molecule has 7 heteroatoms. The van der Waals surface area contributed by atoms with Crippen LogP contribution in [0.4, 0.5) is 0 Å². The molecule has 0 aliphatic rings. The van der Waals surface area contributed by atoms with Gasteiger partial charge in [-0.05, 0) is 61.1 Å². The van der Waals surface area contributed by atoms with Gasteiger partial charge in [-0.15, -0.1) is 0 Å². The lowest BCUT2D eigenvalue weighted by Crippen LogP contribution is -2.28. The monoisotopic (exact) mass is 433 g/mol. The van der Waals surface area contributed by atoms with E-state index in [1.807, 2.05) is 0 Å². The van der Waals surface area contributed by atoms with Crippen LogP contribution in [0.2, 0.25) is 5.02 Å². The maximum absolute atomic E-state index is 12.7. The maximum atomic E-state index is 12.7. The Bertz CT molecular complexity index is 847. The molecule has 0 aliphatic carbocycles. The molecule has 0 aliphatic heterocycles. The van der Waals surface area contributed by atoms with E-state index >= 15 is 0 Å². The Morgan fingerprint density at radius 3 is 2.27 bits per heavy atom. The van der Waals surface area contributed by atoms with Crippen LogP contribution in [0.25, 0.3) is 6.08 Å². The third-order valence-corrected chi connectivity index (χ3v) is 4.74. The average Bonchev–Trinajstić information content (AvgIpc) is 2.77. The third-order valence-electron chi connectivity index (χ3n) is 4.48. The molecule has 30 heavy (non-hydrogen) atoms. The van der Waals surface area contributed by atoms with Gasteiger partial charge < -0.3 is 23.8 Å². The van der Waals surface area contributed by atoms with E-state index in [0.29, 0.717) is 34.4 Å². The third kappa shape index (κ3) is 6.97. The van der Waals surface area contributed by atoms with Crippen molar-refractivity contribution in [3.05, 3.63) is 58.8 Å². The smallest absolute Gasteiger partial charge is 0.374 e. The number of hydrogen-bond donors (Lipinski definition) is 0. The first-order valence-electron chi connectivity index (χ1n) is 9.77. The van der Waals surface area contributed by atoms with Crippen LogP contribution in [0.5, 0.6) is 17.2 Å². The number of carbonyl (C=O) groups is 1. The number of likely N-dealkylation sites (N-methyl/N-ethyl adjacent to an activating group) is 1. The van der Waals surface area contributed by atoms with Gasteiger partial charge in [0.05, 0.1) is 14.2 Å². The second-order valence-corrected chi connectivity index (χ2v) is 6.78. The van der Waals surface area contributed by atoms with Crippen molar-refractivity contribution in [2.75, 3.05) is 40.5 Å². The number of carbonyl (C=O) groups excluding carboxylic acids is 1. The van der Waals surface area contributed by atoms with E-state index in [1.54, 1.807) is 62.8 Å².